The summed E-state index contributed by atoms with van der Waals surface area (Å²) in [7, 11) is 0. The highest BCUT2D eigenvalue weighted by Crippen LogP contribution is 2.17. The van der Waals surface area contributed by atoms with Gasteiger partial charge in [-0.1, -0.05) is 31.4 Å². The number of guanidine groups is 1. The number of aliphatic imine (C=N–C) groups is 1. The number of nitrogens with zero attached hydrogens (tertiary/aromatic N) is 2. The van der Waals surface area contributed by atoms with Gasteiger partial charge in [0.2, 0.25) is 5.96 Å². The molecule has 5 heteroatoms. The maximum Gasteiger partial charge on any atom is 0.209 e. The average molecular weight is 285 g/mol. The Morgan fingerprint density at radius 3 is 3.05 bits per heavy atom. The summed E-state index contributed by atoms with van der Waals surface area (Å²) in [5.41, 5.74) is 11.9. The zero-order valence-corrected chi connectivity index (χ0v) is 12.7. The number of rotatable bonds is 6. The van der Waals surface area contributed by atoms with Crippen LogP contribution in [0.25, 0.3) is 10.9 Å². The first kappa shape index (κ1) is 15.1. The predicted molar refractivity (Wildman–Crippen MR) is 89.8 cm³/mol. The van der Waals surface area contributed by atoms with Gasteiger partial charge in [-0.2, -0.15) is 5.10 Å². The second kappa shape index (κ2) is 7.47. The molecule has 0 bridgehead atoms. The van der Waals surface area contributed by atoms with Crippen LogP contribution in [0.5, 0.6) is 0 Å². The molecule has 0 unspecified atom stereocenters. The molecule has 0 amide bonds. The SMILES string of the molecule is CCCCCN=C(N)N/N=C/c1c[nH]c2ccc(C)cc12. The predicted octanol–water partition coefficient (Wildman–Crippen LogP) is 2.90. The third-order valence-corrected chi connectivity index (χ3v) is 3.30. The molecule has 0 atom stereocenters. The Morgan fingerprint density at radius 2 is 2.24 bits per heavy atom. The zero-order chi connectivity index (χ0) is 15.1. The molecule has 0 aliphatic heterocycles. The summed E-state index contributed by atoms with van der Waals surface area (Å²) in [4.78, 5) is 7.44. The van der Waals surface area contributed by atoms with E-state index in [4.69, 9.17) is 5.73 Å². The van der Waals surface area contributed by atoms with Gasteiger partial charge in [-0.3, -0.25) is 4.99 Å². The fourth-order valence-electron chi connectivity index (χ4n) is 2.13. The second-order valence-corrected chi connectivity index (χ2v) is 5.14. The summed E-state index contributed by atoms with van der Waals surface area (Å²) in [6, 6.07) is 6.29. The van der Waals surface area contributed by atoms with E-state index in [0.717, 1.165) is 29.4 Å². The molecule has 0 radical (unpaired) electrons. The van der Waals surface area contributed by atoms with Crippen LogP contribution >= 0.6 is 0 Å². The molecule has 21 heavy (non-hydrogen) atoms. The Morgan fingerprint density at radius 1 is 1.38 bits per heavy atom. The summed E-state index contributed by atoms with van der Waals surface area (Å²) in [6.07, 6.45) is 7.11. The van der Waals surface area contributed by atoms with E-state index in [9.17, 15) is 0 Å². The van der Waals surface area contributed by atoms with Crippen LogP contribution in [0.2, 0.25) is 0 Å². The van der Waals surface area contributed by atoms with Gasteiger partial charge in [-0.25, -0.2) is 5.43 Å². The average Bonchev–Trinajstić information content (AvgIpc) is 2.86. The Hall–Kier alpha value is -2.30. The van der Waals surface area contributed by atoms with Gasteiger partial charge in [0.1, 0.15) is 0 Å². The lowest BCUT2D eigenvalue weighted by atomic mass is 10.1. The molecule has 1 aromatic heterocycles. The highest BCUT2D eigenvalue weighted by molar-refractivity contribution is 5.99. The van der Waals surface area contributed by atoms with Gasteiger partial charge in [0, 0.05) is 29.2 Å². The molecule has 2 aromatic rings. The number of hydrogen-bond donors (Lipinski definition) is 3. The molecule has 5 nitrogen and oxygen atoms in total. The van der Waals surface area contributed by atoms with Crippen LogP contribution in [0.4, 0.5) is 0 Å². The van der Waals surface area contributed by atoms with Gasteiger partial charge >= 0.3 is 0 Å². The highest BCUT2D eigenvalue weighted by atomic mass is 15.3. The number of nitrogens with one attached hydrogen (secondary N) is 2. The van der Waals surface area contributed by atoms with E-state index in [1.165, 1.54) is 18.4 Å². The van der Waals surface area contributed by atoms with Crippen LogP contribution in [0, 0.1) is 6.92 Å². The van der Waals surface area contributed by atoms with E-state index in [1.54, 1.807) is 6.21 Å². The molecule has 2 rings (SSSR count). The first-order valence-corrected chi connectivity index (χ1v) is 7.37. The summed E-state index contributed by atoms with van der Waals surface area (Å²) in [5, 5.41) is 5.29. The second-order valence-electron chi connectivity index (χ2n) is 5.14. The van der Waals surface area contributed by atoms with Crippen molar-refractivity contribution in [3.63, 3.8) is 0 Å². The monoisotopic (exact) mass is 285 g/mol. The Bertz CT molecular complexity index is 639. The first-order valence-electron chi connectivity index (χ1n) is 7.37. The minimum atomic E-state index is 0.360. The molecule has 0 spiro atoms. The molecule has 0 saturated carbocycles. The third kappa shape index (κ3) is 4.34. The molecule has 1 aromatic carbocycles. The van der Waals surface area contributed by atoms with Crippen molar-refractivity contribution in [2.24, 2.45) is 15.8 Å². The third-order valence-electron chi connectivity index (χ3n) is 3.30. The van der Waals surface area contributed by atoms with E-state index in [0.29, 0.717) is 5.96 Å². The van der Waals surface area contributed by atoms with E-state index in [2.05, 4.69) is 52.6 Å². The van der Waals surface area contributed by atoms with Crippen molar-refractivity contribution in [1.82, 2.24) is 10.4 Å². The number of aromatic nitrogens is 1. The largest absolute Gasteiger partial charge is 0.369 e. The molecule has 0 aliphatic rings. The lowest BCUT2D eigenvalue weighted by molar-refractivity contribution is 0.725. The molecule has 4 N–H and O–H groups in total. The summed E-state index contributed by atoms with van der Waals surface area (Å²) < 4.78 is 0. The number of H-pyrrole nitrogens is 1. The van der Waals surface area contributed by atoms with Crippen molar-refractivity contribution < 1.29 is 0 Å². The molecular weight excluding hydrogens is 262 g/mol. The normalized spacial score (nSPS) is 12.4. The number of hydrazone groups is 1. The van der Waals surface area contributed by atoms with Crippen molar-refractivity contribution >= 4 is 23.1 Å². The molecule has 1 heterocycles. The van der Waals surface area contributed by atoms with Gasteiger partial charge < -0.3 is 10.7 Å². The van der Waals surface area contributed by atoms with Crippen LogP contribution in [0.1, 0.15) is 37.3 Å². The number of benzene rings is 1. The quantitative estimate of drug-likeness (QED) is 0.330. The lowest BCUT2D eigenvalue weighted by Gasteiger charge is -1.99. The fraction of sp³-hybridized carbons (Fsp3) is 0.375. The summed E-state index contributed by atoms with van der Waals surface area (Å²) in [6.45, 7) is 4.99. The zero-order valence-electron chi connectivity index (χ0n) is 12.7. The molecule has 0 fully saturated rings. The Kier molecular flexibility index (Phi) is 5.37. The fourth-order valence-corrected chi connectivity index (χ4v) is 2.13. The molecule has 0 aliphatic carbocycles. The summed E-state index contributed by atoms with van der Waals surface area (Å²) >= 11 is 0. The Labute approximate surface area is 125 Å². The van der Waals surface area contributed by atoms with E-state index in [-0.39, 0.29) is 0 Å². The van der Waals surface area contributed by atoms with Gasteiger partial charge in [0.15, 0.2) is 0 Å². The maximum atomic E-state index is 5.75. The maximum absolute atomic E-state index is 5.75. The van der Waals surface area contributed by atoms with Gasteiger partial charge in [-0.15, -0.1) is 0 Å². The number of hydrogen-bond acceptors (Lipinski definition) is 2. The summed E-state index contributed by atoms with van der Waals surface area (Å²) in [5.74, 6) is 0.360. The van der Waals surface area contributed by atoms with Crippen molar-refractivity contribution in [1.29, 1.82) is 0 Å². The topological polar surface area (TPSA) is 78.6 Å². The van der Waals surface area contributed by atoms with Crippen molar-refractivity contribution in [3.05, 3.63) is 35.5 Å². The molecule has 0 saturated heterocycles. The minimum absolute atomic E-state index is 0.360. The Balaban J connectivity index is 1.95. The standard InChI is InChI=1S/C16H23N5/c1-3-4-5-8-18-16(17)21-20-11-13-10-19-15-7-6-12(2)9-14(13)15/h6-7,9-11,19H,3-5,8H2,1-2H3,(H3,17,18,21)/b20-11+. The first-order chi connectivity index (χ1) is 10.2. The lowest BCUT2D eigenvalue weighted by Crippen LogP contribution is -2.27. The highest BCUT2D eigenvalue weighted by Gasteiger charge is 2.01. The molecule has 112 valence electrons. The van der Waals surface area contributed by atoms with Crippen LogP contribution in [-0.4, -0.2) is 23.7 Å². The van der Waals surface area contributed by atoms with Crippen molar-refractivity contribution in [3.8, 4) is 0 Å². The molecular formula is C16H23N5. The van der Waals surface area contributed by atoms with Crippen molar-refractivity contribution in [2.45, 2.75) is 33.1 Å². The number of unbranched alkanes of at least 4 members (excludes halogenated alkanes) is 2. The van der Waals surface area contributed by atoms with Crippen LogP contribution < -0.4 is 11.2 Å². The van der Waals surface area contributed by atoms with Crippen LogP contribution in [-0.2, 0) is 0 Å². The number of nitrogens with two attached hydrogens (primary N) is 1. The van der Waals surface area contributed by atoms with Gasteiger partial charge in [0.25, 0.3) is 0 Å². The van der Waals surface area contributed by atoms with Gasteiger partial charge in [-0.05, 0) is 25.5 Å². The van der Waals surface area contributed by atoms with Crippen LogP contribution in [0.3, 0.4) is 0 Å². The number of aryl methyl sites for hydroxylation is 1. The van der Waals surface area contributed by atoms with E-state index in [1.807, 2.05) is 6.20 Å². The van der Waals surface area contributed by atoms with E-state index >= 15 is 0 Å². The van der Waals surface area contributed by atoms with Crippen LogP contribution in [0.15, 0.2) is 34.5 Å². The number of fused-ring (bicyclic) bond motifs is 1. The van der Waals surface area contributed by atoms with E-state index < -0.39 is 0 Å². The number of aromatic amines is 1. The minimum Gasteiger partial charge on any atom is -0.369 e. The van der Waals surface area contributed by atoms with Crippen molar-refractivity contribution in [2.75, 3.05) is 6.54 Å². The smallest absolute Gasteiger partial charge is 0.209 e. The van der Waals surface area contributed by atoms with Gasteiger partial charge in [0.05, 0.1) is 6.21 Å².